The third-order valence-corrected chi connectivity index (χ3v) is 6.21. The van der Waals surface area contributed by atoms with E-state index in [0.717, 1.165) is 34.8 Å². The van der Waals surface area contributed by atoms with E-state index in [9.17, 15) is 13.2 Å². The Hall–Kier alpha value is -2.88. The Morgan fingerprint density at radius 2 is 1.81 bits per heavy atom. The number of halogens is 3. The van der Waals surface area contributed by atoms with E-state index in [1.54, 1.807) is 18.5 Å². The third kappa shape index (κ3) is 5.25. The Morgan fingerprint density at radius 1 is 1.10 bits per heavy atom. The van der Waals surface area contributed by atoms with Crippen molar-refractivity contribution >= 4 is 5.57 Å². The standard InChI is InChI=1S/C27H28F3N/c1-19(2)26(4,14-13-21-8-5-6-9-21)25-17-23(27(28,29)30)11-12-24(25)20(3)16-22-10-7-15-31-18-22/h5-12,15,17-18,21H,1,3,13-14,16H2,2,4H3. The highest BCUT2D eigenvalue weighted by Crippen LogP contribution is 2.43. The summed E-state index contributed by atoms with van der Waals surface area (Å²) < 4.78 is 40.8. The zero-order valence-electron chi connectivity index (χ0n) is 18.0. The molecule has 4 heteroatoms. The van der Waals surface area contributed by atoms with Crippen molar-refractivity contribution in [1.82, 2.24) is 4.98 Å². The number of aromatic nitrogens is 1. The molecule has 0 bridgehead atoms. The normalized spacial score (nSPS) is 15.8. The summed E-state index contributed by atoms with van der Waals surface area (Å²) in [6.07, 6.45) is 9.34. The number of pyridine rings is 1. The first-order valence-electron chi connectivity index (χ1n) is 10.4. The molecular formula is C27H28F3N. The van der Waals surface area contributed by atoms with Gasteiger partial charge in [0.15, 0.2) is 0 Å². The molecular weight excluding hydrogens is 395 g/mol. The third-order valence-electron chi connectivity index (χ3n) is 6.21. The molecule has 2 aromatic rings. The topological polar surface area (TPSA) is 12.9 Å². The van der Waals surface area contributed by atoms with Gasteiger partial charge in [0.2, 0.25) is 0 Å². The molecule has 1 atom stereocenters. The van der Waals surface area contributed by atoms with Crippen LogP contribution in [-0.2, 0) is 18.0 Å². The lowest BCUT2D eigenvalue weighted by atomic mass is 9.69. The predicted octanol–water partition coefficient (Wildman–Crippen LogP) is 7.71. The van der Waals surface area contributed by atoms with Gasteiger partial charge in [-0.05, 0) is 72.6 Å². The highest BCUT2D eigenvalue weighted by Gasteiger charge is 2.36. The Balaban J connectivity index is 2.04. The van der Waals surface area contributed by atoms with E-state index in [1.165, 1.54) is 6.07 Å². The van der Waals surface area contributed by atoms with E-state index >= 15 is 0 Å². The molecule has 0 radical (unpaired) electrons. The van der Waals surface area contributed by atoms with Crippen molar-refractivity contribution in [3.05, 3.63) is 108 Å². The molecule has 0 fully saturated rings. The van der Waals surface area contributed by atoms with Crippen molar-refractivity contribution in [3.8, 4) is 0 Å². The quantitative estimate of drug-likeness (QED) is 0.396. The van der Waals surface area contributed by atoms with Crippen molar-refractivity contribution in [3.63, 3.8) is 0 Å². The average Bonchev–Trinajstić information content (AvgIpc) is 3.25. The van der Waals surface area contributed by atoms with Gasteiger partial charge in [-0.25, -0.2) is 0 Å². The summed E-state index contributed by atoms with van der Waals surface area (Å²) in [5.41, 5.74) is 2.71. The number of benzene rings is 1. The van der Waals surface area contributed by atoms with Gasteiger partial charge in [-0.1, -0.05) is 62.1 Å². The molecule has 1 nitrogen and oxygen atoms in total. The van der Waals surface area contributed by atoms with E-state index in [0.29, 0.717) is 24.3 Å². The molecule has 1 aliphatic carbocycles. The smallest absolute Gasteiger partial charge is 0.264 e. The van der Waals surface area contributed by atoms with Crippen LogP contribution in [0.1, 0.15) is 48.9 Å². The summed E-state index contributed by atoms with van der Waals surface area (Å²) in [7, 11) is 0. The largest absolute Gasteiger partial charge is 0.416 e. The zero-order valence-corrected chi connectivity index (χ0v) is 18.0. The molecule has 162 valence electrons. The number of allylic oxidation sites excluding steroid dienone is 6. The second kappa shape index (κ2) is 9.09. The van der Waals surface area contributed by atoms with Gasteiger partial charge in [-0.15, -0.1) is 0 Å². The van der Waals surface area contributed by atoms with Gasteiger partial charge in [0.1, 0.15) is 0 Å². The fraction of sp³-hybridized carbons (Fsp3) is 0.296. The van der Waals surface area contributed by atoms with Crippen LogP contribution in [-0.4, -0.2) is 4.98 Å². The maximum absolute atomic E-state index is 13.6. The Labute approximate surface area is 182 Å². The van der Waals surface area contributed by atoms with Crippen molar-refractivity contribution in [1.29, 1.82) is 0 Å². The van der Waals surface area contributed by atoms with Crippen LogP contribution in [0, 0.1) is 5.92 Å². The van der Waals surface area contributed by atoms with E-state index < -0.39 is 17.2 Å². The fourth-order valence-corrected chi connectivity index (χ4v) is 4.03. The SMILES string of the molecule is C=C(Cc1cccnc1)c1ccc(C(F)(F)F)cc1C(C)(CCC1C=CC=C1)C(=C)C. The van der Waals surface area contributed by atoms with Crippen LogP contribution in [0.5, 0.6) is 0 Å². The van der Waals surface area contributed by atoms with E-state index in [4.69, 9.17) is 0 Å². The summed E-state index contributed by atoms with van der Waals surface area (Å²) >= 11 is 0. The second-order valence-corrected chi connectivity index (χ2v) is 8.48. The molecule has 1 aromatic carbocycles. The molecule has 1 aliphatic rings. The van der Waals surface area contributed by atoms with Crippen LogP contribution in [0.15, 0.2) is 85.8 Å². The van der Waals surface area contributed by atoms with Crippen molar-refractivity contribution in [2.45, 2.75) is 44.7 Å². The molecule has 0 saturated carbocycles. The molecule has 31 heavy (non-hydrogen) atoms. The fourth-order valence-electron chi connectivity index (χ4n) is 4.03. The molecule has 1 unspecified atom stereocenters. The van der Waals surface area contributed by atoms with Gasteiger partial charge in [0.05, 0.1) is 5.56 Å². The number of nitrogens with zero attached hydrogens (tertiary/aromatic N) is 1. The lowest BCUT2D eigenvalue weighted by Gasteiger charge is -2.35. The highest BCUT2D eigenvalue weighted by molar-refractivity contribution is 5.70. The van der Waals surface area contributed by atoms with Gasteiger partial charge >= 0.3 is 6.18 Å². The van der Waals surface area contributed by atoms with Gasteiger partial charge in [0.25, 0.3) is 0 Å². The molecule has 1 aromatic heterocycles. The van der Waals surface area contributed by atoms with Gasteiger partial charge < -0.3 is 0 Å². The Bertz CT molecular complexity index is 1000. The Kier molecular flexibility index (Phi) is 6.68. The van der Waals surface area contributed by atoms with Gasteiger partial charge in [0, 0.05) is 17.8 Å². The molecule has 0 saturated heterocycles. The minimum absolute atomic E-state index is 0.298. The van der Waals surface area contributed by atoms with E-state index in [-0.39, 0.29) is 0 Å². The second-order valence-electron chi connectivity index (χ2n) is 8.48. The molecule has 1 heterocycles. The van der Waals surface area contributed by atoms with E-state index in [2.05, 4.69) is 30.3 Å². The summed E-state index contributed by atoms with van der Waals surface area (Å²) in [5, 5.41) is 0. The van der Waals surface area contributed by atoms with Crippen LogP contribution in [0.4, 0.5) is 13.2 Å². The van der Waals surface area contributed by atoms with Crippen LogP contribution in [0.25, 0.3) is 5.57 Å². The molecule has 0 N–H and O–H groups in total. The van der Waals surface area contributed by atoms with Gasteiger partial charge in [-0.3, -0.25) is 4.98 Å². The number of rotatable bonds is 8. The lowest BCUT2D eigenvalue weighted by molar-refractivity contribution is -0.137. The van der Waals surface area contributed by atoms with Crippen LogP contribution in [0.3, 0.4) is 0 Å². The monoisotopic (exact) mass is 423 g/mol. The number of hydrogen-bond acceptors (Lipinski definition) is 1. The van der Waals surface area contributed by atoms with Crippen LogP contribution < -0.4 is 0 Å². The summed E-state index contributed by atoms with van der Waals surface area (Å²) in [5.74, 6) is 0.298. The number of hydrogen-bond donors (Lipinski definition) is 0. The summed E-state index contributed by atoms with van der Waals surface area (Å²) in [4.78, 5) is 4.13. The summed E-state index contributed by atoms with van der Waals surface area (Å²) in [6.45, 7) is 12.3. The van der Waals surface area contributed by atoms with Gasteiger partial charge in [-0.2, -0.15) is 13.2 Å². The van der Waals surface area contributed by atoms with Crippen molar-refractivity contribution < 1.29 is 13.2 Å². The van der Waals surface area contributed by atoms with Crippen LogP contribution >= 0.6 is 0 Å². The summed E-state index contributed by atoms with van der Waals surface area (Å²) in [6, 6.07) is 7.79. The Morgan fingerprint density at radius 3 is 2.39 bits per heavy atom. The van der Waals surface area contributed by atoms with Crippen LogP contribution in [0.2, 0.25) is 0 Å². The minimum Gasteiger partial charge on any atom is -0.264 e. The minimum atomic E-state index is -4.41. The van der Waals surface area contributed by atoms with E-state index in [1.807, 2.05) is 38.1 Å². The first-order chi connectivity index (χ1) is 14.6. The first kappa shape index (κ1) is 22.8. The number of alkyl halides is 3. The molecule has 0 amide bonds. The highest BCUT2D eigenvalue weighted by atomic mass is 19.4. The molecule has 0 aliphatic heterocycles. The molecule has 0 spiro atoms. The maximum atomic E-state index is 13.6. The predicted molar refractivity (Wildman–Crippen MR) is 122 cm³/mol. The van der Waals surface area contributed by atoms with Crippen molar-refractivity contribution in [2.24, 2.45) is 5.92 Å². The first-order valence-corrected chi connectivity index (χ1v) is 10.4. The lowest BCUT2D eigenvalue weighted by Crippen LogP contribution is -2.26. The average molecular weight is 424 g/mol. The maximum Gasteiger partial charge on any atom is 0.416 e. The molecule has 3 rings (SSSR count). The zero-order chi connectivity index (χ0) is 22.6. The van der Waals surface area contributed by atoms with Crippen molar-refractivity contribution in [2.75, 3.05) is 0 Å².